The van der Waals surface area contributed by atoms with E-state index in [-0.39, 0.29) is 18.9 Å². The third kappa shape index (κ3) is 5.46. The van der Waals surface area contributed by atoms with E-state index in [1.165, 1.54) is 0 Å². The number of hydrogen-bond donors (Lipinski definition) is 2. The largest absolute Gasteiger partial charge is 0.497 e. The minimum Gasteiger partial charge on any atom is -0.497 e. The molecule has 2 aromatic carbocycles. The minimum absolute atomic E-state index is 0.103. The predicted molar refractivity (Wildman–Crippen MR) is 115 cm³/mol. The summed E-state index contributed by atoms with van der Waals surface area (Å²) in [6, 6.07) is 10.8. The number of benzene rings is 2. The fraction of sp³-hybridized carbons (Fsp3) is 0.391. The molecule has 8 nitrogen and oxygen atoms in total. The van der Waals surface area contributed by atoms with Gasteiger partial charge in [-0.25, -0.2) is 0 Å². The summed E-state index contributed by atoms with van der Waals surface area (Å²) < 4.78 is 15.9. The van der Waals surface area contributed by atoms with Crippen molar-refractivity contribution in [3.05, 3.63) is 53.1 Å². The van der Waals surface area contributed by atoms with Crippen LogP contribution in [0.25, 0.3) is 0 Å². The Balaban J connectivity index is 1.72. The van der Waals surface area contributed by atoms with Crippen LogP contribution in [0.2, 0.25) is 0 Å². The Morgan fingerprint density at radius 3 is 2.35 bits per heavy atom. The Bertz CT molecular complexity index is 928. The van der Waals surface area contributed by atoms with Gasteiger partial charge in [0, 0.05) is 19.1 Å². The molecule has 0 aromatic heterocycles. The van der Waals surface area contributed by atoms with E-state index in [1.54, 1.807) is 21.3 Å². The van der Waals surface area contributed by atoms with E-state index in [4.69, 9.17) is 14.2 Å². The first-order chi connectivity index (χ1) is 14.9. The van der Waals surface area contributed by atoms with Crippen LogP contribution in [0.5, 0.6) is 17.2 Å². The van der Waals surface area contributed by atoms with E-state index in [0.29, 0.717) is 31.0 Å². The predicted octanol–water partition coefficient (Wildman–Crippen LogP) is 2.40. The molecule has 0 saturated heterocycles. The first-order valence-electron chi connectivity index (χ1n) is 10.1. The number of carboxylic acids is 1. The Labute approximate surface area is 181 Å². The van der Waals surface area contributed by atoms with Crippen molar-refractivity contribution in [3.63, 3.8) is 0 Å². The summed E-state index contributed by atoms with van der Waals surface area (Å²) in [5.41, 5.74) is 2.82. The van der Waals surface area contributed by atoms with Crippen LogP contribution in [0, 0.1) is 0 Å². The second kappa shape index (κ2) is 10.2. The lowest BCUT2D eigenvalue weighted by Crippen LogP contribution is -2.43. The Morgan fingerprint density at radius 2 is 1.74 bits per heavy atom. The van der Waals surface area contributed by atoms with Gasteiger partial charge in [-0.3, -0.25) is 14.5 Å². The molecule has 1 heterocycles. The van der Waals surface area contributed by atoms with Crippen LogP contribution in [0.15, 0.2) is 36.4 Å². The number of carbonyl (C=O) groups excluding carboxylic acids is 1. The molecular formula is C23H28N2O6. The highest BCUT2D eigenvalue weighted by Gasteiger charge is 2.31. The number of hydrogen-bond acceptors (Lipinski definition) is 6. The standard InChI is InChI=1S/C23H28N2O6/c1-29-17-6-4-15(5-7-17)13-24-22(26)14-25-9-8-16-10-20(30-2)21(31-3)11-18(16)19(25)12-23(27)28/h4-7,10-11,19H,8-9,12-14H2,1-3H3,(H,24,26)(H,27,28). The molecule has 1 unspecified atom stereocenters. The lowest BCUT2D eigenvalue weighted by atomic mass is 9.90. The topological polar surface area (TPSA) is 97.3 Å². The Morgan fingerprint density at radius 1 is 1.06 bits per heavy atom. The number of methoxy groups -OCH3 is 3. The van der Waals surface area contributed by atoms with Crippen LogP contribution in [-0.4, -0.2) is 56.3 Å². The van der Waals surface area contributed by atoms with E-state index in [0.717, 1.165) is 22.4 Å². The third-order valence-corrected chi connectivity index (χ3v) is 5.48. The van der Waals surface area contributed by atoms with E-state index in [2.05, 4.69) is 5.32 Å². The highest BCUT2D eigenvalue weighted by molar-refractivity contribution is 5.78. The van der Waals surface area contributed by atoms with Crippen molar-refractivity contribution in [1.82, 2.24) is 10.2 Å². The molecule has 2 N–H and O–H groups in total. The molecule has 1 aliphatic heterocycles. The molecule has 0 fully saturated rings. The molecule has 8 heteroatoms. The first kappa shape index (κ1) is 22.4. The van der Waals surface area contributed by atoms with Gasteiger partial charge in [0.25, 0.3) is 0 Å². The highest BCUT2D eigenvalue weighted by atomic mass is 16.5. The van der Waals surface area contributed by atoms with Crippen molar-refractivity contribution in [2.75, 3.05) is 34.4 Å². The number of fused-ring (bicyclic) bond motifs is 1. The molecule has 1 amide bonds. The van der Waals surface area contributed by atoms with E-state index in [1.807, 2.05) is 41.3 Å². The SMILES string of the molecule is COc1ccc(CNC(=O)CN2CCc3cc(OC)c(OC)cc3C2CC(=O)O)cc1. The number of nitrogens with one attached hydrogen (secondary N) is 1. The van der Waals surface area contributed by atoms with Crippen molar-refractivity contribution < 1.29 is 28.9 Å². The van der Waals surface area contributed by atoms with Gasteiger partial charge in [-0.1, -0.05) is 12.1 Å². The average Bonchev–Trinajstić information content (AvgIpc) is 2.78. The third-order valence-electron chi connectivity index (χ3n) is 5.48. The van der Waals surface area contributed by atoms with Gasteiger partial charge in [-0.05, 0) is 47.4 Å². The summed E-state index contributed by atoms with van der Waals surface area (Å²) in [6.45, 7) is 1.08. The molecule has 1 aliphatic rings. The average molecular weight is 428 g/mol. The molecule has 0 bridgehead atoms. The number of carbonyl (C=O) groups is 2. The van der Waals surface area contributed by atoms with E-state index in [9.17, 15) is 14.7 Å². The highest BCUT2D eigenvalue weighted by Crippen LogP contribution is 2.39. The van der Waals surface area contributed by atoms with E-state index >= 15 is 0 Å². The minimum atomic E-state index is -0.920. The number of aliphatic carboxylic acids is 1. The molecule has 0 spiro atoms. The van der Waals surface area contributed by atoms with Gasteiger partial charge in [0.15, 0.2) is 11.5 Å². The molecule has 31 heavy (non-hydrogen) atoms. The van der Waals surface area contributed by atoms with Gasteiger partial charge >= 0.3 is 5.97 Å². The van der Waals surface area contributed by atoms with Gasteiger partial charge in [-0.15, -0.1) is 0 Å². The Kier molecular flexibility index (Phi) is 7.36. The van der Waals surface area contributed by atoms with Crippen LogP contribution in [0.3, 0.4) is 0 Å². The molecule has 0 radical (unpaired) electrons. The quantitative estimate of drug-likeness (QED) is 0.633. The number of carboxylic acid groups (broad SMARTS) is 1. The van der Waals surface area contributed by atoms with Crippen molar-refractivity contribution in [3.8, 4) is 17.2 Å². The summed E-state index contributed by atoms with van der Waals surface area (Å²) >= 11 is 0. The lowest BCUT2D eigenvalue weighted by Gasteiger charge is -2.36. The summed E-state index contributed by atoms with van der Waals surface area (Å²) in [7, 11) is 4.72. The monoisotopic (exact) mass is 428 g/mol. The molecule has 2 aromatic rings. The molecule has 1 atom stereocenters. The molecule has 0 saturated carbocycles. The maximum Gasteiger partial charge on any atom is 0.305 e. The lowest BCUT2D eigenvalue weighted by molar-refractivity contribution is -0.139. The first-order valence-corrected chi connectivity index (χ1v) is 10.1. The summed E-state index contributed by atoms with van der Waals surface area (Å²) in [5.74, 6) is 0.834. The van der Waals surface area contributed by atoms with Gasteiger partial charge in [0.2, 0.25) is 5.91 Å². The smallest absolute Gasteiger partial charge is 0.305 e. The van der Waals surface area contributed by atoms with E-state index < -0.39 is 12.0 Å². The fourth-order valence-corrected chi connectivity index (χ4v) is 3.86. The van der Waals surface area contributed by atoms with Crippen LogP contribution in [-0.2, 0) is 22.6 Å². The van der Waals surface area contributed by atoms with Crippen LogP contribution in [0.4, 0.5) is 0 Å². The second-order valence-corrected chi connectivity index (χ2v) is 7.36. The van der Waals surface area contributed by atoms with Crippen LogP contribution >= 0.6 is 0 Å². The molecule has 0 aliphatic carbocycles. The molecular weight excluding hydrogens is 400 g/mol. The summed E-state index contributed by atoms with van der Waals surface area (Å²) in [5, 5.41) is 12.4. The van der Waals surface area contributed by atoms with Crippen molar-refractivity contribution in [2.24, 2.45) is 0 Å². The van der Waals surface area contributed by atoms with Gasteiger partial charge < -0.3 is 24.6 Å². The second-order valence-electron chi connectivity index (χ2n) is 7.36. The normalized spacial score (nSPS) is 15.6. The zero-order valence-electron chi connectivity index (χ0n) is 18.0. The number of rotatable bonds is 9. The zero-order valence-corrected chi connectivity index (χ0v) is 18.0. The maximum absolute atomic E-state index is 12.6. The summed E-state index contributed by atoms with van der Waals surface area (Å²) in [6.07, 6.45) is 0.589. The number of ether oxygens (including phenoxy) is 3. The maximum atomic E-state index is 12.6. The van der Waals surface area contributed by atoms with Crippen molar-refractivity contribution in [1.29, 1.82) is 0 Å². The van der Waals surface area contributed by atoms with Crippen LogP contribution in [0.1, 0.15) is 29.2 Å². The number of nitrogens with zero attached hydrogens (tertiary/aromatic N) is 1. The van der Waals surface area contributed by atoms with Crippen LogP contribution < -0.4 is 19.5 Å². The van der Waals surface area contributed by atoms with Gasteiger partial charge in [0.05, 0.1) is 34.3 Å². The molecule has 166 valence electrons. The molecule has 3 rings (SSSR count). The van der Waals surface area contributed by atoms with Crippen molar-refractivity contribution >= 4 is 11.9 Å². The van der Waals surface area contributed by atoms with Gasteiger partial charge in [-0.2, -0.15) is 0 Å². The zero-order chi connectivity index (χ0) is 22.4. The van der Waals surface area contributed by atoms with Crippen molar-refractivity contribution in [2.45, 2.75) is 25.4 Å². The Hall–Kier alpha value is -3.26. The summed E-state index contributed by atoms with van der Waals surface area (Å²) in [4.78, 5) is 26.1. The number of amides is 1. The van der Waals surface area contributed by atoms with Gasteiger partial charge in [0.1, 0.15) is 5.75 Å². The fourth-order valence-electron chi connectivity index (χ4n) is 3.86.